The largest absolute Gasteiger partial charge is 0.380 e. The van der Waals surface area contributed by atoms with Crippen molar-refractivity contribution in [1.82, 2.24) is 5.32 Å². The molecule has 0 saturated heterocycles. The van der Waals surface area contributed by atoms with Gasteiger partial charge in [-0.25, -0.2) is 0 Å². The van der Waals surface area contributed by atoms with Gasteiger partial charge in [-0.15, -0.1) is 0 Å². The molecule has 72 valence electrons. The third-order valence-corrected chi connectivity index (χ3v) is 1.39. The third-order valence-electron chi connectivity index (χ3n) is 1.39. The maximum Gasteiger partial charge on any atom is 0.217 e. The summed E-state index contributed by atoms with van der Waals surface area (Å²) in [6, 6.07) is 0. The van der Waals surface area contributed by atoms with Crippen molar-refractivity contribution in [2.45, 2.75) is 19.8 Å². The highest BCUT2D eigenvalue weighted by molar-refractivity contribution is 5.73. The number of primary amides is 1. The Morgan fingerprint density at radius 1 is 1.50 bits per heavy atom. The van der Waals surface area contributed by atoms with Gasteiger partial charge in [0, 0.05) is 19.6 Å². The van der Waals surface area contributed by atoms with E-state index in [1.54, 1.807) is 0 Å². The SMILES string of the molecule is CCNCCOCCCC(N)=O. The highest BCUT2D eigenvalue weighted by Crippen LogP contribution is 1.87. The Labute approximate surface area is 73.5 Å². The highest BCUT2D eigenvalue weighted by Gasteiger charge is 1.93. The van der Waals surface area contributed by atoms with Crippen molar-refractivity contribution in [3.05, 3.63) is 0 Å². The van der Waals surface area contributed by atoms with Crippen LogP contribution in [-0.4, -0.2) is 32.2 Å². The molecule has 0 atom stereocenters. The second-order valence-corrected chi connectivity index (χ2v) is 2.54. The van der Waals surface area contributed by atoms with Crippen LogP contribution in [0.3, 0.4) is 0 Å². The van der Waals surface area contributed by atoms with Crippen molar-refractivity contribution in [2.24, 2.45) is 5.73 Å². The van der Waals surface area contributed by atoms with Gasteiger partial charge in [0.15, 0.2) is 0 Å². The molecule has 0 saturated carbocycles. The van der Waals surface area contributed by atoms with Gasteiger partial charge >= 0.3 is 0 Å². The number of carbonyl (C=O) groups excluding carboxylic acids is 1. The van der Waals surface area contributed by atoms with Gasteiger partial charge in [0.05, 0.1) is 6.61 Å². The molecule has 3 N–H and O–H groups in total. The Morgan fingerprint density at radius 3 is 2.83 bits per heavy atom. The van der Waals surface area contributed by atoms with E-state index in [0.717, 1.165) is 19.5 Å². The molecular weight excluding hydrogens is 156 g/mol. The first-order valence-electron chi connectivity index (χ1n) is 4.34. The van der Waals surface area contributed by atoms with E-state index >= 15 is 0 Å². The molecule has 0 fully saturated rings. The zero-order chi connectivity index (χ0) is 9.23. The van der Waals surface area contributed by atoms with Crippen molar-refractivity contribution >= 4 is 5.91 Å². The molecule has 0 bridgehead atoms. The lowest BCUT2D eigenvalue weighted by molar-refractivity contribution is -0.118. The maximum atomic E-state index is 10.3. The molecule has 4 nitrogen and oxygen atoms in total. The first-order valence-corrected chi connectivity index (χ1v) is 4.34. The van der Waals surface area contributed by atoms with Crippen molar-refractivity contribution < 1.29 is 9.53 Å². The Kier molecular flexibility index (Phi) is 8.05. The first-order chi connectivity index (χ1) is 5.77. The van der Waals surface area contributed by atoms with Gasteiger partial charge in [-0.05, 0) is 13.0 Å². The summed E-state index contributed by atoms with van der Waals surface area (Å²) in [5.74, 6) is -0.259. The number of hydrogen-bond acceptors (Lipinski definition) is 3. The molecule has 0 aliphatic carbocycles. The van der Waals surface area contributed by atoms with Crippen LogP contribution in [0.25, 0.3) is 0 Å². The van der Waals surface area contributed by atoms with Gasteiger partial charge < -0.3 is 15.8 Å². The average molecular weight is 174 g/mol. The van der Waals surface area contributed by atoms with Crippen LogP contribution in [0.5, 0.6) is 0 Å². The number of carbonyl (C=O) groups is 1. The number of nitrogens with two attached hydrogens (primary N) is 1. The van der Waals surface area contributed by atoms with Crippen molar-refractivity contribution in [2.75, 3.05) is 26.3 Å². The van der Waals surface area contributed by atoms with Crippen LogP contribution in [0.4, 0.5) is 0 Å². The molecule has 12 heavy (non-hydrogen) atoms. The predicted octanol–water partition coefficient (Wildman–Crippen LogP) is -0.122. The Balaban J connectivity index is 2.86. The zero-order valence-corrected chi connectivity index (χ0v) is 7.64. The molecule has 0 aliphatic heterocycles. The fourth-order valence-corrected chi connectivity index (χ4v) is 0.772. The summed E-state index contributed by atoms with van der Waals surface area (Å²) in [7, 11) is 0. The fraction of sp³-hybridized carbons (Fsp3) is 0.875. The second-order valence-electron chi connectivity index (χ2n) is 2.54. The summed E-state index contributed by atoms with van der Waals surface area (Å²) in [5.41, 5.74) is 4.95. The zero-order valence-electron chi connectivity index (χ0n) is 7.64. The molecule has 0 aromatic heterocycles. The minimum Gasteiger partial charge on any atom is -0.380 e. The van der Waals surface area contributed by atoms with Gasteiger partial charge in [-0.1, -0.05) is 6.92 Å². The van der Waals surface area contributed by atoms with Crippen LogP contribution in [-0.2, 0) is 9.53 Å². The Bertz CT molecular complexity index is 118. The van der Waals surface area contributed by atoms with Crippen LogP contribution in [0.1, 0.15) is 19.8 Å². The van der Waals surface area contributed by atoms with Crippen molar-refractivity contribution in [3.8, 4) is 0 Å². The molecule has 0 radical (unpaired) electrons. The van der Waals surface area contributed by atoms with E-state index in [2.05, 4.69) is 5.32 Å². The molecule has 0 rings (SSSR count). The number of amides is 1. The normalized spacial score (nSPS) is 10.1. The summed E-state index contributed by atoms with van der Waals surface area (Å²) in [6.07, 6.45) is 1.14. The lowest BCUT2D eigenvalue weighted by Gasteiger charge is -2.02. The monoisotopic (exact) mass is 174 g/mol. The van der Waals surface area contributed by atoms with E-state index in [4.69, 9.17) is 10.5 Å². The number of likely N-dealkylation sites (N-methyl/N-ethyl adjacent to an activating group) is 1. The Hall–Kier alpha value is -0.610. The van der Waals surface area contributed by atoms with E-state index in [0.29, 0.717) is 19.6 Å². The molecule has 0 aromatic rings. The molecule has 0 spiro atoms. The summed E-state index contributed by atoms with van der Waals surface area (Å²) in [4.78, 5) is 10.3. The predicted molar refractivity (Wildman–Crippen MR) is 47.8 cm³/mol. The lowest BCUT2D eigenvalue weighted by atomic mass is 10.3. The number of nitrogens with one attached hydrogen (secondary N) is 1. The summed E-state index contributed by atoms with van der Waals surface area (Å²) < 4.78 is 5.22. The van der Waals surface area contributed by atoms with Crippen molar-refractivity contribution in [1.29, 1.82) is 0 Å². The van der Waals surface area contributed by atoms with Crippen LogP contribution in [0.2, 0.25) is 0 Å². The van der Waals surface area contributed by atoms with Gasteiger partial charge in [0.25, 0.3) is 0 Å². The minimum absolute atomic E-state index is 0.259. The van der Waals surface area contributed by atoms with E-state index in [1.165, 1.54) is 0 Å². The smallest absolute Gasteiger partial charge is 0.217 e. The molecule has 0 unspecified atom stereocenters. The summed E-state index contributed by atoms with van der Waals surface area (Å²) >= 11 is 0. The number of hydrogen-bond donors (Lipinski definition) is 2. The third kappa shape index (κ3) is 9.39. The van der Waals surface area contributed by atoms with E-state index in [-0.39, 0.29) is 5.91 Å². The molecule has 0 aliphatic rings. The summed E-state index contributed by atoms with van der Waals surface area (Å²) in [5, 5.41) is 3.13. The van der Waals surface area contributed by atoms with Crippen LogP contribution >= 0.6 is 0 Å². The average Bonchev–Trinajstić information content (AvgIpc) is 2.02. The van der Waals surface area contributed by atoms with Crippen LogP contribution < -0.4 is 11.1 Å². The molecule has 1 amide bonds. The minimum atomic E-state index is -0.259. The van der Waals surface area contributed by atoms with Crippen molar-refractivity contribution in [3.63, 3.8) is 0 Å². The highest BCUT2D eigenvalue weighted by atomic mass is 16.5. The molecule has 0 heterocycles. The number of rotatable bonds is 8. The topological polar surface area (TPSA) is 64.3 Å². The summed E-state index contributed by atoms with van der Waals surface area (Å²) in [6.45, 7) is 5.20. The van der Waals surface area contributed by atoms with E-state index < -0.39 is 0 Å². The van der Waals surface area contributed by atoms with Gasteiger partial charge in [-0.3, -0.25) is 4.79 Å². The van der Waals surface area contributed by atoms with E-state index in [9.17, 15) is 4.79 Å². The van der Waals surface area contributed by atoms with Gasteiger partial charge in [0.2, 0.25) is 5.91 Å². The van der Waals surface area contributed by atoms with Crippen LogP contribution in [0.15, 0.2) is 0 Å². The number of ether oxygens (including phenoxy) is 1. The van der Waals surface area contributed by atoms with E-state index in [1.807, 2.05) is 6.92 Å². The maximum absolute atomic E-state index is 10.3. The Morgan fingerprint density at radius 2 is 2.25 bits per heavy atom. The molecule has 0 aromatic carbocycles. The van der Waals surface area contributed by atoms with Gasteiger partial charge in [0.1, 0.15) is 0 Å². The fourth-order valence-electron chi connectivity index (χ4n) is 0.772. The molecular formula is C8H18N2O2. The molecule has 4 heteroatoms. The van der Waals surface area contributed by atoms with Crippen LogP contribution in [0, 0.1) is 0 Å². The van der Waals surface area contributed by atoms with Gasteiger partial charge in [-0.2, -0.15) is 0 Å². The second kappa shape index (κ2) is 8.49. The standard InChI is InChI=1S/C8H18N2O2/c1-2-10-5-7-12-6-3-4-8(9)11/h10H,2-7H2,1H3,(H2,9,11). The first kappa shape index (κ1) is 11.4. The quantitative estimate of drug-likeness (QED) is 0.504. The lowest BCUT2D eigenvalue weighted by Crippen LogP contribution is -2.19.